The van der Waals surface area contributed by atoms with Gasteiger partial charge in [-0.25, -0.2) is 4.98 Å². The van der Waals surface area contributed by atoms with Gasteiger partial charge < -0.3 is 8.98 Å². The molecule has 0 atom stereocenters. The van der Waals surface area contributed by atoms with Crippen molar-refractivity contribution in [2.24, 2.45) is 7.05 Å². The number of aromatic nitrogens is 2. The molecule has 0 N–H and O–H groups in total. The monoisotopic (exact) mass is 202 g/mol. The van der Waals surface area contributed by atoms with Crippen molar-refractivity contribution in [1.82, 2.24) is 9.55 Å². The summed E-state index contributed by atoms with van der Waals surface area (Å²) in [5.41, 5.74) is 0. The third-order valence-electron chi connectivity index (χ3n) is 1.98. The molecular formula is C11H10N2O2. The minimum atomic E-state index is -0.140. The Balaban J connectivity index is 2.14. The number of imidazole rings is 1. The van der Waals surface area contributed by atoms with Crippen molar-refractivity contribution in [2.75, 3.05) is 0 Å². The molecule has 4 nitrogen and oxygen atoms in total. The van der Waals surface area contributed by atoms with Gasteiger partial charge in [0.2, 0.25) is 5.78 Å². The molecule has 0 saturated carbocycles. The topological polar surface area (TPSA) is 48.0 Å². The number of ketones is 1. The molecule has 4 heteroatoms. The molecule has 0 aromatic carbocycles. The molecule has 0 aliphatic heterocycles. The fourth-order valence-corrected chi connectivity index (χ4v) is 1.22. The van der Waals surface area contributed by atoms with E-state index in [1.165, 1.54) is 6.08 Å². The summed E-state index contributed by atoms with van der Waals surface area (Å²) < 4.78 is 6.74. The molecule has 0 aliphatic carbocycles. The lowest BCUT2D eigenvalue weighted by molar-refractivity contribution is 0.103. The first-order chi connectivity index (χ1) is 7.27. The van der Waals surface area contributed by atoms with Gasteiger partial charge in [-0.2, -0.15) is 0 Å². The SMILES string of the molecule is Cn1ccnc1C(=O)/C=C/c1ccco1. The summed E-state index contributed by atoms with van der Waals surface area (Å²) in [6.07, 6.45) is 7.95. The van der Waals surface area contributed by atoms with E-state index >= 15 is 0 Å². The number of hydrogen-bond donors (Lipinski definition) is 0. The maximum absolute atomic E-state index is 11.6. The molecule has 2 rings (SSSR count). The quantitative estimate of drug-likeness (QED) is 0.564. The van der Waals surface area contributed by atoms with Crippen LogP contribution < -0.4 is 0 Å². The summed E-state index contributed by atoms with van der Waals surface area (Å²) >= 11 is 0. The van der Waals surface area contributed by atoms with Gasteiger partial charge in [0.1, 0.15) is 5.76 Å². The van der Waals surface area contributed by atoms with Crippen LogP contribution in [0.4, 0.5) is 0 Å². The third kappa shape index (κ3) is 2.04. The maximum atomic E-state index is 11.6. The summed E-state index contributed by atoms with van der Waals surface area (Å²) in [7, 11) is 1.78. The van der Waals surface area contributed by atoms with Crippen molar-refractivity contribution in [2.45, 2.75) is 0 Å². The van der Waals surface area contributed by atoms with Crippen molar-refractivity contribution in [1.29, 1.82) is 0 Å². The van der Waals surface area contributed by atoms with E-state index in [9.17, 15) is 4.79 Å². The van der Waals surface area contributed by atoms with Crippen LogP contribution in [0.2, 0.25) is 0 Å². The van der Waals surface area contributed by atoms with E-state index in [4.69, 9.17) is 4.42 Å². The molecule has 0 bridgehead atoms. The molecule has 2 aromatic rings. The number of carbonyl (C=O) groups excluding carboxylic acids is 1. The van der Waals surface area contributed by atoms with E-state index in [-0.39, 0.29) is 5.78 Å². The van der Waals surface area contributed by atoms with E-state index < -0.39 is 0 Å². The van der Waals surface area contributed by atoms with Crippen molar-refractivity contribution < 1.29 is 9.21 Å². The molecule has 2 heterocycles. The minimum absolute atomic E-state index is 0.140. The van der Waals surface area contributed by atoms with Gasteiger partial charge in [0.05, 0.1) is 6.26 Å². The highest BCUT2D eigenvalue weighted by atomic mass is 16.3. The third-order valence-corrected chi connectivity index (χ3v) is 1.98. The average molecular weight is 202 g/mol. The van der Waals surface area contributed by atoms with E-state index in [1.54, 1.807) is 48.5 Å². The molecule has 0 fully saturated rings. The van der Waals surface area contributed by atoms with Gasteiger partial charge in [-0.05, 0) is 24.3 Å². The minimum Gasteiger partial charge on any atom is -0.465 e. The number of nitrogens with zero attached hydrogens (tertiary/aromatic N) is 2. The number of rotatable bonds is 3. The first-order valence-corrected chi connectivity index (χ1v) is 4.50. The summed E-state index contributed by atoms with van der Waals surface area (Å²) in [5.74, 6) is 0.925. The zero-order valence-corrected chi connectivity index (χ0v) is 8.25. The van der Waals surface area contributed by atoms with E-state index in [0.29, 0.717) is 11.6 Å². The number of carbonyl (C=O) groups is 1. The lowest BCUT2D eigenvalue weighted by Crippen LogP contribution is -2.03. The molecule has 15 heavy (non-hydrogen) atoms. The van der Waals surface area contributed by atoms with Crippen LogP contribution in [0.1, 0.15) is 16.4 Å². The Labute approximate surface area is 86.9 Å². The van der Waals surface area contributed by atoms with E-state index in [0.717, 1.165) is 0 Å². The van der Waals surface area contributed by atoms with Crippen LogP contribution in [0.5, 0.6) is 0 Å². The summed E-state index contributed by atoms with van der Waals surface area (Å²) in [6, 6.07) is 3.55. The standard InChI is InChI=1S/C11H10N2O2/c1-13-7-6-12-11(13)10(14)5-4-9-3-2-8-15-9/h2-8H,1H3/b5-4+. The molecule has 2 aromatic heterocycles. The number of furan rings is 1. The lowest BCUT2D eigenvalue weighted by atomic mass is 10.3. The molecular weight excluding hydrogens is 192 g/mol. The van der Waals surface area contributed by atoms with Gasteiger partial charge in [0.15, 0.2) is 5.82 Å². The normalized spacial score (nSPS) is 11.0. The average Bonchev–Trinajstić information content (AvgIpc) is 2.84. The molecule has 0 saturated heterocycles. The lowest BCUT2D eigenvalue weighted by Gasteiger charge is -1.94. The number of hydrogen-bond acceptors (Lipinski definition) is 3. The largest absolute Gasteiger partial charge is 0.465 e. The van der Waals surface area contributed by atoms with Gasteiger partial charge in [0, 0.05) is 19.4 Å². The summed E-state index contributed by atoms with van der Waals surface area (Å²) in [6.45, 7) is 0. The molecule has 0 spiro atoms. The van der Waals surface area contributed by atoms with Gasteiger partial charge in [-0.1, -0.05) is 0 Å². The fourth-order valence-electron chi connectivity index (χ4n) is 1.22. The smallest absolute Gasteiger partial charge is 0.221 e. The first kappa shape index (κ1) is 9.45. The van der Waals surface area contributed by atoms with Crippen LogP contribution in [-0.2, 0) is 7.05 Å². The fraction of sp³-hybridized carbons (Fsp3) is 0.0909. The Bertz CT molecular complexity index is 480. The number of allylic oxidation sites excluding steroid dienone is 1. The Morgan fingerprint density at radius 3 is 3.07 bits per heavy atom. The van der Waals surface area contributed by atoms with E-state index in [2.05, 4.69) is 4.98 Å². The molecule has 0 radical (unpaired) electrons. The van der Waals surface area contributed by atoms with E-state index in [1.807, 2.05) is 0 Å². The van der Waals surface area contributed by atoms with Gasteiger partial charge in [-0.15, -0.1) is 0 Å². The highest BCUT2D eigenvalue weighted by Crippen LogP contribution is 2.04. The Kier molecular flexibility index (Phi) is 2.49. The van der Waals surface area contributed by atoms with Crippen LogP contribution in [-0.4, -0.2) is 15.3 Å². The summed E-state index contributed by atoms with van der Waals surface area (Å²) in [5, 5.41) is 0. The van der Waals surface area contributed by atoms with Crippen LogP contribution in [0.15, 0.2) is 41.3 Å². The highest BCUT2D eigenvalue weighted by Gasteiger charge is 2.06. The predicted molar refractivity (Wildman–Crippen MR) is 55.3 cm³/mol. The second-order valence-electron chi connectivity index (χ2n) is 3.07. The van der Waals surface area contributed by atoms with Crippen molar-refractivity contribution in [3.63, 3.8) is 0 Å². The molecule has 76 valence electrons. The maximum Gasteiger partial charge on any atom is 0.221 e. The van der Waals surface area contributed by atoms with Crippen LogP contribution in [0.25, 0.3) is 6.08 Å². The van der Waals surface area contributed by atoms with Crippen LogP contribution >= 0.6 is 0 Å². The molecule has 0 unspecified atom stereocenters. The first-order valence-electron chi connectivity index (χ1n) is 4.50. The Morgan fingerprint density at radius 2 is 2.47 bits per heavy atom. The second kappa shape index (κ2) is 3.96. The molecule has 0 aliphatic rings. The second-order valence-corrected chi connectivity index (χ2v) is 3.07. The highest BCUT2D eigenvalue weighted by molar-refractivity contribution is 6.04. The van der Waals surface area contributed by atoms with Crippen molar-refractivity contribution in [3.05, 3.63) is 48.5 Å². The van der Waals surface area contributed by atoms with Crippen molar-refractivity contribution in [3.8, 4) is 0 Å². The van der Waals surface area contributed by atoms with Gasteiger partial charge in [0.25, 0.3) is 0 Å². The van der Waals surface area contributed by atoms with Crippen LogP contribution in [0, 0.1) is 0 Å². The predicted octanol–water partition coefficient (Wildman–Crippen LogP) is 1.91. The van der Waals surface area contributed by atoms with Gasteiger partial charge >= 0.3 is 0 Å². The number of aryl methyl sites for hydroxylation is 1. The Morgan fingerprint density at radius 1 is 1.60 bits per heavy atom. The summed E-state index contributed by atoms with van der Waals surface area (Å²) in [4.78, 5) is 15.6. The zero-order chi connectivity index (χ0) is 10.7. The van der Waals surface area contributed by atoms with Gasteiger partial charge in [-0.3, -0.25) is 4.79 Å². The Hall–Kier alpha value is -2.10. The molecule has 0 amide bonds. The zero-order valence-electron chi connectivity index (χ0n) is 8.25. The van der Waals surface area contributed by atoms with Crippen LogP contribution in [0.3, 0.4) is 0 Å². The van der Waals surface area contributed by atoms with Crippen molar-refractivity contribution >= 4 is 11.9 Å².